The summed E-state index contributed by atoms with van der Waals surface area (Å²) in [5.74, 6) is -0.720. The maximum absolute atomic E-state index is 12.4. The van der Waals surface area contributed by atoms with Crippen LogP contribution in [0.2, 0.25) is 0 Å². The van der Waals surface area contributed by atoms with Gasteiger partial charge in [0.1, 0.15) is 12.5 Å². The van der Waals surface area contributed by atoms with Crippen molar-refractivity contribution in [3.05, 3.63) is 35.7 Å². The molecule has 0 unspecified atom stereocenters. The zero-order valence-corrected chi connectivity index (χ0v) is 6.82. The minimum absolute atomic E-state index is 0.315. The number of rotatable bonds is 3. The van der Waals surface area contributed by atoms with Gasteiger partial charge < -0.3 is 0 Å². The molecule has 11 heavy (non-hydrogen) atoms. The number of halogens is 2. The number of hydrogen-bond donors (Lipinski definition) is 0. The van der Waals surface area contributed by atoms with Crippen molar-refractivity contribution in [2.75, 3.05) is 6.67 Å². The Kier molecular flexibility index (Phi) is 4.42. The summed E-state index contributed by atoms with van der Waals surface area (Å²) in [6, 6.07) is 0. The lowest BCUT2D eigenvalue weighted by atomic mass is 10.2. The van der Waals surface area contributed by atoms with Crippen molar-refractivity contribution in [1.82, 2.24) is 0 Å². The van der Waals surface area contributed by atoms with E-state index in [0.29, 0.717) is 5.57 Å². The van der Waals surface area contributed by atoms with Gasteiger partial charge in [-0.3, -0.25) is 0 Å². The first-order valence-corrected chi connectivity index (χ1v) is 3.32. The van der Waals surface area contributed by atoms with Crippen LogP contribution < -0.4 is 0 Å². The Bertz CT molecular complexity index is 200. The van der Waals surface area contributed by atoms with Gasteiger partial charge in [-0.25, -0.2) is 8.78 Å². The second-order valence-electron chi connectivity index (χ2n) is 2.40. The van der Waals surface area contributed by atoms with E-state index in [0.717, 1.165) is 5.57 Å². The molecule has 0 aliphatic rings. The second kappa shape index (κ2) is 4.83. The molecule has 0 heterocycles. The molecule has 0 aromatic rings. The second-order valence-corrected chi connectivity index (χ2v) is 2.40. The normalized spacial score (nSPS) is 13.5. The molecule has 0 nitrogen and oxygen atoms in total. The maximum atomic E-state index is 12.4. The Morgan fingerprint density at radius 2 is 1.91 bits per heavy atom. The lowest BCUT2D eigenvalue weighted by Crippen LogP contribution is -1.80. The van der Waals surface area contributed by atoms with Crippen LogP contribution in [-0.4, -0.2) is 6.67 Å². The zero-order chi connectivity index (χ0) is 8.85. The van der Waals surface area contributed by atoms with Crippen LogP contribution in [0.25, 0.3) is 0 Å². The number of hydrogen-bond acceptors (Lipinski definition) is 0. The maximum Gasteiger partial charge on any atom is 0.141 e. The number of alkyl halides is 1. The van der Waals surface area contributed by atoms with Gasteiger partial charge in [-0.1, -0.05) is 24.3 Å². The van der Waals surface area contributed by atoms with Gasteiger partial charge >= 0.3 is 0 Å². The number of allylic oxidation sites excluding steroid dienone is 5. The fraction of sp³-hybridized carbons (Fsp3) is 0.333. The molecule has 0 N–H and O–H groups in total. The molecule has 0 aliphatic carbocycles. The fourth-order valence-electron chi connectivity index (χ4n) is 0.463. The van der Waals surface area contributed by atoms with Crippen molar-refractivity contribution >= 4 is 0 Å². The average Bonchev–Trinajstić information content (AvgIpc) is 1.98. The van der Waals surface area contributed by atoms with Gasteiger partial charge in [-0.2, -0.15) is 0 Å². The van der Waals surface area contributed by atoms with E-state index >= 15 is 0 Å². The standard InChI is InChI=1S/C9H12F2/c1-7(2)4-5-8(3)9(11)6-10/h4-5H,1,6H2,2-3H3. The molecule has 0 rings (SSSR count). The summed E-state index contributed by atoms with van der Waals surface area (Å²) in [7, 11) is 0. The Morgan fingerprint density at radius 1 is 1.36 bits per heavy atom. The summed E-state index contributed by atoms with van der Waals surface area (Å²) in [6.45, 7) is 5.86. The van der Waals surface area contributed by atoms with E-state index in [4.69, 9.17) is 0 Å². The van der Waals surface area contributed by atoms with Gasteiger partial charge in [-0.15, -0.1) is 0 Å². The topological polar surface area (TPSA) is 0 Å². The molecule has 2 heteroatoms. The summed E-state index contributed by atoms with van der Waals surface area (Å²) in [4.78, 5) is 0. The molecule has 0 saturated carbocycles. The summed E-state index contributed by atoms with van der Waals surface area (Å²) in [5.41, 5.74) is 1.13. The molecule has 62 valence electrons. The van der Waals surface area contributed by atoms with Crippen molar-refractivity contribution in [2.24, 2.45) is 0 Å². The van der Waals surface area contributed by atoms with E-state index in [1.165, 1.54) is 13.0 Å². The third-order valence-electron chi connectivity index (χ3n) is 1.16. The fourth-order valence-corrected chi connectivity index (χ4v) is 0.463. The molecule has 0 amide bonds. The van der Waals surface area contributed by atoms with Gasteiger partial charge in [0, 0.05) is 0 Å². The summed E-state index contributed by atoms with van der Waals surface area (Å²) < 4.78 is 24.1. The van der Waals surface area contributed by atoms with Crippen LogP contribution in [0, 0.1) is 0 Å². The van der Waals surface area contributed by atoms with E-state index in [1.807, 2.05) is 0 Å². The minimum atomic E-state index is -1.04. The monoisotopic (exact) mass is 158 g/mol. The van der Waals surface area contributed by atoms with Gasteiger partial charge in [0.2, 0.25) is 0 Å². The van der Waals surface area contributed by atoms with Gasteiger partial charge in [0.15, 0.2) is 0 Å². The average molecular weight is 158 g/mol. The highest BCUT2D eigenvalue weighted by Crippen LogP contribution is 2.08. The third-order valence-corrected chi connectivity index (χ3v) is 1.16. The van der Waals surface area contributed by atoms with Gasteiger partial charge in [0.25, 0.3) is 0 Å². The van der Waals surface area contributed by atoms with Gasteiger partial charge in [-0.05, 0) is 19.4 Å². The quantitative estimate of drug-likeness (QED) is 0.552. The predicted octanol–water partition coefficient (Wildman–Crippen LogP) is 3.33. The molecule has 0 aromatic carbocycles. The zero-order valence-electron chi connectivity index (χ0n) is 6.82. The molecule has 0 aromatic heterocycles. The molecule has 0 fully saturated rings. The predicted molar refractivity (Wildman–Crippen MR) is 43.7 cm³/mol. The SMILES string of the molecule is C=C(C)C=CC(C)=C(F)CF. The lowest BCUT2D eigenvalue weighted by Gasteiger charge is -1.92. The lowest BCUT2D eigenvalue weighted by molar-refractivity contribution is 0.455. The largest absolute Gasteiger partial charge is 0.243 e. The molecular formula is C9H12F2. The van der Waals surface area contributed by atoms with Crippen LogP contribution >= 0.6 is 0 Å². The Labute approximate surface area is 65.9 Å². The van der Waals surface area contributed by atoms with Crippen LogP contribution in [0.3, 0.4) is 0 Å². The first-order valence-electron chi connectivity index (χ1n) is 3.32. The first kappa shape index (κ1) is 10.1. The highest BCUT2D eigenvalue weighted by atomic mass is 19.2. The molecular weight excluding hydrogens is 146 g/mol. The molecule has 0 saturated heterocycles. The summed E-state index contributed by atoms with van der Waals surface area (Å²) in [5, 5.41) is 0. The van der Waals surface area contributed by atoms with Crippen molar-refractivity contribution in [3.63, 3.8) is 0 Å². The molecule has 0 aliphatic heterocycles. The van der Waals surface area contributed by atoms with Crippen LogP contribution in [0.15, 0.2) is 35.7 Å². The van der Waals surface area contributed by atoms with Crippen LogP contribution in [-0.2, 0) is 0 Å². The van der Waals surface area contributed by atoms with Crippen LogP contribution in [0.5, 0.6) is 0 Å². The Morgan fingerprint density at radius 3 is 2.27 bits per heavy atom. The van der Waals surface area contributed by atoms with Crippen molar-refractivity contribution in [3.8, 4) is 0 Å². The van der Waals surface area contributed by atoms with Crippen molar-refractivity contribution in [1.29, 1.82) is 0 Å². The molecule has 0 radical (unpaired) electrons. The summed E-state index contributed by atoms with van der Waals surface area (Å²) >= 11 is 0. The smallest absolute Gasteiger partial charge is 0.141 e. The third kappa shape index (κ3) is 4.48. The Hall–Kier alpha value is -0.920. The highest BCUT2D eigenvalue weighted by molar-refractivity contribution is 5.25. The van der Waals surface area contributed by atoms with E-state index in [9.17, 15) is 8.78 Å². The van der Waals surface area contributed by atoms with Crippen molar-refractivity contribution in [2.45, 2.75) is 13.8 Å². The first-order chi connectivity index (χ1) is 5.07. The molecule has 0 spiro atoms. The highest BCUT2D eigenvalue weighted by Gasteiger charge is 1.95. The van der Waals surface area contributed by atoms with E-state index in [2.05, 4.69) is 6.58 Å². The summed E-state index contributed by atoms with van der Waals surface area (Å²) in [6.07, 6.45) is 3.15. The van der Waals surface area contributed by atoms with E-state index in [-0.39, 0.29) is 0 Å². The minimum Gasteiger partial charge on any atom is -0.243 e. The van der Waals surface area contributed by atoms with E-state index < -0.39 is 12.5 Å². The van der Waals surface area contributed by atoms with Crippen LogP contribution in [0.1, 0.15) is 13.8 Å². The molecule has 0 bridgehead atoms. The van der Waals surface area contributed by atoms with Gasteiger partial charge in [0.05, 0.1) is 0 Å². The van der Waals surface area contributed by atoms with E-state index in [1.54, 1.807) is 13.0 Å². The van der Waals surface area contributed by atoms with Crippen molar-refractivity contribution < 1.29 is 8.78 Å². The Balaban J connectivity index is 4.26. The van der Waals surface area contributed by atoms with Crippen LogP contribution in [0.4, 0.5) is 8.78 Å². The molecule has 0 atom stereocenters.